The molecular weight excluding hydrogens is 760 g/mol. The van der Waals surface area contributed by atoms with Crippen LogP contribution in [0.25, 0.3) is 47.1 Å². The molecule has 0 unspecified atom stereocenters. The number of aromatic amines is 4. The number of rotatable bonds is 8. The van der Waals surface area contributed by atoms with Gasteiger partial charge in [-0.2, -0.15) is 0 Å². The van der Waals surface area contributed by atoms with E-state index in [0.717, 1.165) is 115 Å². The summed E-state index contributed by atoms with van der Waals surface area (Å²) in [5.74, 6) is 0. The number of H-pyrrole nitrogens is 4. The molecule has 0 saturated heterocycles. The molecule has 4 nitrogen and oxygen atoms in total. The van der Waals surface area contributed by atoms with Crippen LogP contribution >= 0.6 is 63.7 Å². The Kier molecular flexibility index (Phi) is 9.60. The molecule has 212 valence electrons. The van der Waals surface area contributed by atoms with Crippen molar-refractivity contribution in [1.82, 2.24) is 19.9 Å². The monoisotopic (exact) mass is 792 g/mol. The van der Waals surface area contributed by atoms with E-state index in [9.17, 15) is 0 Å². The van der Waals surface area contributed by atoms with Gasteiger partial charge in [0.15, 0.2) is 0 Å². The van der Waals surface area contributed by atoms with Crippen LogP contribution in [0.4, 0.5) is 0 Å². The standard InChI is InChI=1S/C32H36Br4N4/c1-5-9-17-21-13-14-22-18(10-6-2)27(35)31(39-22)32-28(36)20(12-8-4)24(40-32)16-15-23-19(11-7-3)26(34)30(38-23)29(37-21)25(17)33/h13-16,37-40H,5-12H2,1-4H3/b14-13-,16-15-,21-13?,22-14?,23-15?,24-16?,30-29?,32-31?. The normalized spacial score (nSPS) is 14.2. The SMILES string of the molecule is CCCc1c2[nH]c(c1Br)-c1[nH]c(c(CCC)c1Br)/C=C\c1[nH]c(c(Br)c1CCC)-c1[nH]c(c(CCC)c1Br)/C=C\2. The third-order valence-corrected chi connectivity index (χ3v) is 11.1. The van der Waals surface area contributed by atoms with E-state index in [1.54, 1.807) is 0 Å². The quantitative estimate of drug-likeness (QED) is 0.121. The van der Waals surface area contributed by atoms with Crippen molar-refractivity contribution >= 4 is 88.0 Å². The maximum atomic E-state index is 3.98. The molecule has 0 atom stereocenters. The molecule has 0 fully saturated rings. The summed E-state index contributed by atoms with van der Waals surface area (Å²) in [6.45, 7) is 8.94. The Labute approximate surface area is 270 Å². The van der Waals surface area contributed by atoms with E-state index >= 15 is 0 Å². The highest BCUT2D eigenvalue weighted by atomic mass is 79.9. The van der Waals surface area contributed by atoms with Crippen LogP contribution in [0.15, 0.2) is 17.9 Å². The fraction of sp³-hybridized carbons (Fsp3) is 0.375. The minimum absolute atomic E-state index is 0.989. The highest BCUT2D eigenvalue weighted by Crippen LogP contribution is 2.43. The van der Waals surface area contributed by atoms with E-state index in [4.69, 9.17) is 0 Å². The third-order valence-electron chi connectivity index (χ3n) is 7.61. The second-order valence-electron chi connectivity index (χ2n) is 10.5. The topological polar surface area (TPSA) is 63.2 Å². The van der Waals surface area contributed by atoms with Gasteiger partial charge in [0.05, 0.1) is 22.8 Å². The first-order valence-corrected chi connectivity index (χ1v) is 17.5. The van der Waals surface area contributed by atoms with Crippen LogP contribution in [-0.2, 0) is 25.7 Å². The molecule has 4 aromatic heterocycles. The predicted octanol–water partition coefficient (Wildman–Crippen LogP) is 11.8. The van der Waals surface area contributed by atoms with E-state index in [1.807, 2.05) is 0 Å². The molecule has 0 amide bonds. The zero-order valence-electron chi connectivity index (χ0n) is 23.5. The van der Waals surface area contributed by atoms with Gasteiger partial charge in [0, 0.05) is 40.7 Å². The Morgan fingerprint density at radius 1 is 0.400 bits per heavy atom. The number of hydrogen-bond donors (Lipinski definition) is 4. The van der Waals surface area contributed by atoms with Gasteiger partial charge in [0.2, 0.25) is 0 Å². The van der Waals surface area contributed by atoms with Crippen LogP contribution in [0.1, 0.15) is 98.4 Å². The number of halogens is 4. The summed E-state index contributed by atoms with van der Waals surface area (Å²) in [7, 11) is 0. The van der Waals surface area contributed by atoms with Crippen LogP contribution in [0.5, 0.6) is 0 Å². The zero-order chi connectivity index (χ0) is 28.6. The predicted molar refractivity (Wildman–Crippen MR) is 186 cm³/mol. The first-order chi connectivity index (χ1) is 19.3. The van der Waals surface area contributed by atoms with Gasteiger partial charge < -0.3 is 19.9 Å². The second kappa shape index (κ2) is 12.8. The van der Waals surface area contributed by atoms with Crippen molar-refractivity contribution in [2.45, 2.75) is 79.1 Å². The molecule has 40 heavy (non-hydrogen) atoms. The van der Waals surface area contributed by atoms with Crippen molar-refractivity contribution < 1.29 is 0 Å². The van der Waals surface area contributed by atoms with Gasteiger partial charge >= 0.3 is 0 Å². The van der Waals surface area contributed by atoms with Gasteiger partial charge in [0.25, 0.3) is 0 Å². The highest BCUT2D eigenvalue weighted by molar-refractivity contribution is 9.11. The lowest BCUT2D eigenvalue weighted by Crippen LogP contribution is -1.87. The maximum Gasteiger partial charge on any atom is 0.0783 e. The van der Waals surface area contributed by atoms with Gasteiger partial charge in [-0.1, -0.05) is 53.4 Å². The molecule has 1 aliphatic heterocycles. The summed E-state index contributed by atoms with van der Waals surface area (Å²) in [5.41, 5.74) is 14.1. The molecule has 1 aliphatic rings. The summed E-state index contributed by atoms with van der Waals surface area (Å²) in [6.07, 6.45) is 17.2. The Morgan fingerprint density at radius 2 is 0.600 bits per heavy atom. The lowest BCUT2D eigenvalue weighted by Gasteiger charge is -2.01. The van der Waals surface area contributed by atoms with Crippen molar-refractivity contribution in [2.24, 2.45) is 0 Å². The Balaban J connectivity index is 1.82. The molecule has 8 heteroatoms. The third kappa shape index (κ3) is 5.38. The number of aromatic nitrogens is 4. The number of fused-ring (bicyclic) bond motifs is 10. The highest BCUT2D eigenvalue weighted by Gasteiger charge is 2.24. The summed E-state index contributed by atoms with van der Waals surface area (Å²) >= 11 is 15.9. The van der Waals surface area contributed by atoms with Crippen molar-refractivity contribution in [1.29, 1.82) is 0 Å². The van der Waals surface area contributed by atoms with Crippen molar-refractivity contribution in [3.8, 4) is 22.8 Å². The van der Waals surface area contributed by atoms with E-state index in [1.165, 1.54) is 22.3 Å². The van der Waals surface area contributed by atoms with Gasteiger partial charge in [0.1, 0.15) is 0 Å². The van der Waals surface area contributed by atoms with Crippen LogP contribution in [0.3, 0.4) is 0 Å². The molecule has 0 saturated carbocycles. The smallest absolute Gasteiger partial charge is 0.0783 e. The number of nitrogens with one attached hydrogen (secondary N) is 4. The van der Waals surface area contributed by atoms with Gasteiger partial charge in [-0.3, -0.25) is 0 Å². The fourth-order valence-electron chi connectivity index (χ4n) is 5.71. The summed E-state index contributed by atoms with van der Waals surface area (Å²) in [5, 5.41) is 0. The van der Waals surface area contributed by atoms with Crippen LogP contribution in [0.2, 0.25) is 0 Å². The molecule has 0 radical (unpaired) electrons. The molecule has 0 aliphatic carbocycles. The van der Waals surface area contributed by atoms with E-state index in [2.05, 4.69) is 136 Å². The average Bonchev–Trinajstić information content (AvgIpc) is 3.62. The van der Waals surface area contributed by atoms with E-state index < -0.39 is 0 Å². The fourth-order valence-corrected chi connectivity index (χ4v) is 8.54. The Bertz CT molecular complexity index is 1360. The Morgan fingerprint density at radius 3 is 0.775 bits per heavy atom. The van der Waals surface area contributed by atoms with Crippen LogP contribution < -0.4 is 0 Å². The Hall–Kier alpha value is -1.48. The van der Waals surface area contributed by atoms with Gasteiger partial charge in [-0.05, 0) is 136 Å². The molecule has 4 N–H and O–H groups in total. The molecule has 8 bridgehead atoms. The average molecular weight is 796 g/mol. The first-order valence-electron chi connectivity index (χ1n) is 14.3. The summed E-state index contributed by atoms with van der Waals surface area (Å²) < 4.78 is 4.51. The molecule has 0 aromatic carbocycles. The van der Waals surface area contributed by atoms with Crippen LogP contribution in [0, 0.1) is 0 Å². The van der Waals surface area contributed by atoms with Crippen molar-refractivity contribution in [3.05, 3.63) is 62.9 Å². The summed E-state index contributed by atoms with van der Waals surface area (Å²) in [4.78, 5) is 15.1. The van der Waals surface area contributed by atoms with Crippen molar-refractivity contribution in [2.75, 3.05) is 0 Å². The molecule has 5 rings (SSSR count). The van der Waals surface area contributed by atoms with Gasteiger partial charge in [-0.15, -0.1) is 0 Å². The molecule has 4 aromatic rings. The summed E-state index contributed by atoms with van der Waals surface area (Å²) in [6, 6.07) is 0. The maximum absolute atomic E-state index is 3.98. The van der Waals surface area contributed by atoms with E-state index in [0.29, 0.717) is 0 Å². The minimum atomic E-state index is 0.989. The number of hydrogen-bond acceptors (Lipinski definition) is 0. The van der Waals surface area contributed by atoms with Crippen molar-refractivity contribution in [3.63, 3.8) is 0 Å². The zero-order valence-corrected chi connectivity index (χ0v) is 29.8. The minimum Gasteiger partial charge on any atom is -0.353 e. The first kappa shape index (κ1) is 30.0. The molecule has 0 spiro atoms. The van der Waals surface area contributed by atoms with Crippen LogP contribution in [-0.4, -0.2) is 19.9 Å². The lowest BCUT2D eigenvalue weighted by molar-refractivity contribution is 0.916. The second-order valence-corrected chi connectivity index (χ2v) is 13.7. The largest absolute Gasteiger partial charge is 0.353 e. The molecule has 5 heterocycles. The lowest BCUT2D eigenvalue weighted by atomic mass is 10.1. The van der Waals surface area contributed by atoms with Gasteiger partial charge in [-0.25, -0.2) is 0 Å². The van der Waals surface area contributed by atoms with E-state index in [-0.39, 0.29) is 0 Å². The molecular formula is C32H36Br4N4.